The number of nitrogens with zero attached hydrogens (tertiary/aromatic N) is 1. The maximum Gasteiger partial charge on any atom is 0.131 e. The maximum atomic E-state index is 6.09. The minimum atomic E-state index is 0.920. The molecule has 0 amide bonds. The van der Waals surface area contributed by atoms with Crippen LogP contribution in [-0.2, 0) is 13.0 Å². The lowest BCUT2D eigenvalue weighted by molar-refractivity contribution is -0.905. The second-order valence-corrected chi connectivity index (χ2v) is 6.38. The molecule has 0 atom stereocenters. The van der Waals surface area contributed by atoms with E-state index >= 15 is 0 Å². The van der Waals surface area contributed by atoms with Gasteiger partial charge in [0.2, 0.25) is 0 Å². The molecule has 2 heteroatoms. The molecule has 0 radical (unpaired) electrons. The molecule has 0 fully saturated rings. The monoisotopic (exact) mass is 268 g/mol. The summed E-state index contributed by atoms with van der Waals surface area (Å²) in [4.78, 5) is 0. The number of hydrogen-bond donors (Lipinski definition) is 0. The Kier molecular flexibility index (Phi) is 3.27. The van der Waals surface area contributed by atoms with E-state index in [-0.39, 0.29) is 0 Å². The Labute approximate surface area is 121 Å². The van der Waals surface area contributed by atoms with Crippen molar-refractivity contribution in [1.29, 1.82) is 0 Å². The zero-order valence-corrected chi connectivity index (χ0v) is 12.5. The number of benzene rings is 2. The summed E-state index contributed by atoms with van der Waals surface area (Å²) >= 11 is 0. The summed E-state index contributed by atoms with van der Waals surface area (Å²) in [5, 5.41) is 0. The average Bonchev–Trinajstić information content (AvgIpc) is 2.40. The Morgan fingerprint density at radius 2 is 1.75 bits per heavy atom. The molecular weight excluding hydrogens is 246 g/mol. The van der Waals surface area contributed by atoms with E-state index in [1.165, 1.54) is 23.2 Å². The molecule has 0 bridgehead atoms. The van der Waals surface area contributed by atoms with Crippen LogP contribution in [0, 0.1) is 6.92 Å². The summed E-state index contributed by atoms with van der Waals surface area (Å²) in [6.07, 6.45) is 1.09. The molecule has 0 spiro atoms. The Morgan fingerprint density at radius 3 is 2.50 bits per heavy atom. The van der Waals surface area contributed by atoms with Crippen LogP contribution in [0.4, 0.5) is 0 Å². The zero-order chi connectivity index (χ0) is 14.2. The largest absolute Gasteiger partial charge is 0.457 e. The van der Waals surface area contributed by atoms with Gasteiger partial charge in [-0.1, -0.05) is 29.8 Å². The Morgan fingerprint density at radius 1 is 1.00 bits per heavy atom. The molecule has 0 aliphatic carbocycles. The molecule has 2 aromatic rings. The third kappa shape index (κ3) is 2.70. The second-order valence-electron chi connectivity index (χ2n) is 6.38. The Balaban J connectivity index is 1.90. The molecule has 0 unspecified atom stereocenters. The molecule has 0 saturated carbocycles. The van der Waals surface area contributed by atoms with Gasteiger partial charge in [-0.3, -0.25) is 0 Å². The molecule has 1 heterocycles. The molecule has 2 nitrogen and oxygen atoms in total. The third-order valence-corrected chi connectivity index (χ3v) is 4.04. The fourth-order valence-electron chi connectivity index (χ4n) is 2.83. The summed E-state index contributed by atoms with van der Waals surface area (Å²) in [5.74, 6) is 1.94. The average molecular weight is 268 g/mol. The molecule has 3 rings (SSSR count). The predicted molar refractivity (Wildman–Crippen MR) is 82.1 cm³/mol. The standard InChI is InChI=1S/C18H22NO/c1-14-7-9-16(10-8-14)20-18-6-4-5-15-13-19(2,3)12-11-17(15)18/h4-10H,11-13H2,1-3H3/q+1. The van der Waals surface area contributed by atoms with E-state index in [2.05, 4.69) is 51.4 Å². The molecule has 0 N–H and O–H groups in total. The van der Waals surface area contributed by atoms with E-state index in [4.69, 9.17) is 4.74 Å². The van der Waals surface area contributed by atoms with E-state index < -0.39 is 0 Å². The lowest BCUT2D eigenvalue weighted by atomic mass is 9.97. The van der Waals surface area contributed by atoms with Crippen molar-refractivity contribution in [1.82, 2.24) is 0 Å². The van der Waals surface area contributed by atoms with E-state index in [0.29, 0.717) is 0 Å². The molecule has 104 valence electrons. The number of quaternary nitrogens is 1. The fourth-order valence-corrected chi connectivity index (χ4v) is 2.83. The molecular formula is C18H22NO+. The number of likely N-dealkylation sites (N-methyl/N-ethyl adjacent to an activating group) is 1. The van der Waals surface area contributed by atoms with E-state index in [1.807, 2.05) is 12.1 Å². The number of aryl methyl sites for hydroxylation is 1. The second kappa shape index (κ2) is 4.95. The van der Waals surface area contributed by atoms with Crippen LogP contribution in [0.3, 0.4) is 0 Å². The topological polar surface area (TPSA) is 9.23 Å². The van der Waals surface area contributed by atoms with Crippen molar-refractivity contribution >= 4 is 0 Å². The van der Waals surface area contributed by atoms with Gasteiger partial charge in [0.15, 0.2) is 0 Å². The van der Waals surface area contributed by atoms with E-state index in [0.717, 1.165) is 28.9 Å². The molecule has 20 heavy (non-hydrogen) atoms. The Hall–Kier alpha value is -1.80. The highest BCUT2D eigenvalue weighted by Crippen LogP contribution is 2.32. The number of ether oxygens (including phenoxy) is 1. The first-order chi connectivity index (χ1) is 9.53. The highest BCUT2D eigenvalue weighted by molar-refractivity contribution is 5.43. The van der Waals surface area contributed by atoms with Crippen LogP contribution in [0.2, 0.25) is 0 Å². The van der Waals surface area contributed by atoms with Crippen LogP contribution in [0.15, 0.2) is 42.5 Å². The van der Waals surface area contributed by atoms with Crippen LogP contribution < -0.4 is 4.74 Å². The van der Waals surface area contributed by atoms with Gasteiger partial charge in [0.25, 0.3) is 0 Å². The summed E-state index contributed by atoms with van der Waals surface area (Å²) in [6.45, 7) is 4.34. The first-order valence-electron chi connectivity index (χ1n) is 7.21. The molecule has 1 aliphatic heterocycles. The van der Waals surface area contributed by atoms with Crippen LogP contribution in [-0.4, -0.2) is 25.1 Å². The number of rotatable bonds is 2. The Bertz CT molecular complexity index is 614. The zero-order valence-electron chi connectivity index (χ0n) is 12.5. The van der Waals surface area contributed by atoms with Gasteiger partial charge in [-0.05, 0) is 25.1 Å². The molecule has 0 aromatic heterocycles. The van der Waals surface area contributed by atoms with Crippen LogP contribution in [0.5, 0.6) is 11.5 Å². The van der Waals surface area contributed by atoms with Gasteiger partial charge in [0.1, 0.15) is 18.0 Å². The van der Waals surface area contributed by atoms with Crippen molar-refractivity contribution in [2.45, 2.75) is 19.9 Å². The highest BCUT2D eigenvalue weighted by Gasteiger charge is 2.26. The van der Waals surface area contributed by atoms with Gasteiger partial charge in [-0.2, -0.15) is 0 Å². The van der Waals surface area contributed by atoms with Gasteiger partial charge in [-0.25, -0.2) is 0 Å². The van der Waals surface area contributed by atoms with E-state index in [1.54, 1.807) is 0 Å². The van der Waals surface area contributed by atoms with Gasteiger partial charge >= 0.3 is 0 Å². The SMILES string of the molecule is Cc1ccc(Oc2cccc3c2CC[N+](C)(C)C3)cc1. The summed E-state index contributed by atoms with van der Waals surface area (Å²) < 4.78 is 7.15. The lowest BCUT2D eigenvalue weighted by Crippen LogP contribution is -2.43. The van der Waals surface area contributed by atoms with Gasteiger partial charge in [0, 0.05) is 17.5 Å². The quantitative estimate of drug-likeness (QED) is 0.750. The van der Waals surface area contributed by atoms with Gasteiger partial charge in [-0.15, -0.1) is 0 Å². The maximum absolute atomic E-state index is 6.09. The van der Waals surface area contributed by atoms with Crippen molar-refractivity contribution in [2.24, 2.45) is 0 Å². The highest BCUT2D eigenvalue weighted by atomic mass is 16.5. The van der Waals surface area contributed by atoms with Crippen molar-refractivity contribution in [3.63, 3.8) is 0 Å². The van der Waals surface area contributed by atoms with Crippen molar-refractivity contribution in [3.8, 4) is 11.5 Å². The lowest BCUT2D eigenvalue weighted by Gasteiger charge is -2.35. The third-order valence-electron chi connectivity index (χ3n) is 4.04. The van der Waals surface area contributed by atoms with Crippen LogP contribution in [0.25, 0.3) is 0 Å². The summed E-state index contributed by atoms with van der Waals surface area (Å²) in [6, 6.07) is 14.7. The molecule has 1 aliphatic rings. The normalized spacial score (nSPS) is 16.6. The smallest absolute Gasteiger partial charge is 0.131 e. The first kappa shape index (κ1) is 13.2. The number of fused-ring (bicyclic) bond motifs is 1. The van der Waals surface area contributed by atoms with E-state index in [9.17, 15) is 0 Å². The van der Waals surface area contributed by atoms with Crippen LogP contribution >= 0.6 is 0 Å². The summed E-state index contributed by atoms with van der Waals surface area (Å²) in [5.41, 5.74) is 4.06. The minimum absolute atomic E-state index is 0.920. The van der Waals surface area contributed by atoms with Gasteiger partial charge in [0.05, 0.1) is 20.6 Å². The minimum Gasteiger partial charge on any atom is -0.457 e. The van der Waals surface area contributed by atoms with Crippen molar-refractivity contribution in [3.05, 3.63) is 59.2 Å². The molecule has 0 saturated heterocycles. The molecule has 2 aromatic carbocycles. The van der Waals surface area contributed by atoms with Crippen molar-refractivity contribution < 1.29 is 9.22 Å². The van der Waals surface area contributed by atoms with Gasteiger partial charge < -0.3 is 9.22 Å². The van der Waals surface area contributed by atoms with Crippen LogP contribution in [0.1, 0.15) is 16.7 Å². The number of hydrogen-bond acceptors (Lipinski definition) is 1. The summed E-state index contributed by atoms with van der Waals surface area (Å²) in [7, 11) is 4.58. The predicted octanol–water partition coefficient (Wildman–Crippen LogP) is 3.92. The fraction of sp³-hybridized carbons (Fsp3) is 0.333. The van der Waals surface area contributed by atoms with Crippen molar-refractivity contribution in [2.75, 3.05) is 20.6 Å². The first-order valence-corrected chi connectivity index (χ1v) is 7.21.